The fraction of sp³-hybridized carbons (Fsp3) is 0.417. The number of rotatable bonds is 9. The van der Waals surface area contributed by atoms with Crippen molar-refractivity contribution in [2.45, 2.75) is 19.5 Å². The van der Waals surface area contributed by atoms with Crippen molar-refractivity contribution in [3.63, 3.8) is 0 Å². The summed E-state index contributed by atoms with van der Waals surface area (Å²) < 4.78 is 5.27. The van der Waals surface area contributed by atoms with E-state index >= 15 is 0 Å². The van der Waals surface area contributed by atoms with Gasteiger partial charge in [-0.3, -0.25) is 4.79 Å². The Balaban J connectivity index is 2.04. The van der Waals surface area contributed by atoms with Crippen LogP contribution in [-0.2, 0) is 6.54 Å². The van der Waals surface area contributed by atoms with Gasteiger partial charge >= 0.3 is 0 Å². The molecular weight excluding hydrogens is 390 g/mol. The number of methoxy groups -OCH3 is 1. The highest BCUT2D eigenvalue weighted by molar-refractivity contribution is 5.93. The van der Waals surface area contributed by atoms with E-state index in [0.29, 0.717) is 18.7 Å². The first kappa shape index (κ1) is 24.2. The number of nitrogens with one attached hydrogen (secondary N) is 2. The number of carbonyl (C=O) groups is 1. The summed E-state index contributed by atoms with van der Waals surface area (Å²) in [4.78, 5) is 20.5. The second kappa shape index (κ2) is 12.0. The number of hydrogen-bond acceptors (Lipinski definition) is 4. The molecule has 31 heavy (non-hydrogen) atoms. The number of amides is 1. The van der Waals surface area contributed by atoms with Gasteiger partial charge in [-0.25, -0.2) is 4.99 Å². The van der Waals surface area contributed by atoms with E-state index in [0.717, 1.165) is 23.8 Å². The van der Waals surface area contributed by atoms with Crippen molar-refractivity contribution in [1.29, 1.82) is 0 Å². The molecular formula is C24H35N5O2. The smallest absolute Gasteiger partial charge is 0.253 e. The Bertz CT molecular complexity index is 845. The van der Waals surface area contributed by atoms with Crippen LogP contribution in [0.4, 0.5) is 0 Å². The van der Waals surface area contributed by atoms with Crippen molar-refractivity contribution in [1.82, 2.24) is 20.4 Å². The zero-order valence-corrected chi connectivity index (χ0v) is 19.5. The molecule has 0 heterocycles. The number of carbonyl (C=O) groups excluding carboxylic acids is 1. The number of likely N-dealkylation sites (N-methyl/N-ethyl adjacent to an activating group) is 1. The van der Waals surface area contributed by atoms with Crippen molar-refractivity contribution in [3.8, 4) is 5.75 Å². The number of benzene rings is 2. The van der Waals surface area contributed by atoms with Crippen molar-refractivity contribution in [2.24, 2.45) is 4.99 Å². The molecule has 0 aliphatic heterocycles. The topological polar surface area (TPSA) is 69.2 Å². The average Bonchev–Trinajstić information content (AvgIpc) is 2.77. The van der Waals surface area contributed by atoms with Gasteiger partial charge in [0.2, 0.25) is 0 Å². The number of aliphatic imine (C=N–C) groups is 1. The van der Waals surface area contributed by atoms with E-state index in [9.17, 15) is 4.79 Å². The lowest BCUT2D eigenvalue weighted by Crippen LogP contribution is -2.41. The molecule has 2 N–H and O–H groups in total. The third-order valence-corrected chi connectivity index (χ3v) is 4.96. The zero-order valence-electron chi connectivity index (χ0n) is 19.5. The summed E-state index contributed by atoms with van der Waals surface area (Å²) in [5, 5.41) is 6.75. The van der Waals surface area contributed by atoms with E-state index < -0.39 is 0 Å². The summed E-state index contributed by atoms with van der Waals surface area (Å²) in [6.07, 6.45) is 0. The number of nitrogens with zero attached hydrogens (tertiary/aromatic N) is 3. The van der Waals surface area contributed by atoms with Crippen LogP contribution in [0.15, 0.2) is 53.5 Å². The van der Waals surface area contributed by atoms with Gasteiger partial charge in [-0.15, -0.1) is 0 Å². The molecule has 2 rings (SSSR count). The van der Waals surface area contributed by atoms with Crippen LogP contribution in [0.2, 0.25) is 0 Å². The maximum atomic E-state index is 12.0. The monoisotopic (exact) mass is 425 g/mol. The zero-order chi connectivity index (χ0) is 22.8. The van der Waals surface area contributed by atoms with Crippen molar-refractivity contribution < 1.29 is 9.53 Å². The van der Waals surface area contributed by atoms with Gasteiger partial charge in [0.25, 0.3) is 5.91 Å². The minimum absolute atomic E-state index is 0.00156. The lowest BCUT2D eigenvalue weighted by Gasteiger charge is -2.26. The molecule has 0 radical (unpaired) electrons. The summed E-state index contributed by atoms with van der Waals surface area (Å²) in [7, 11) is 9.31. The maximum Gasteiger partial charge on any atom is 0.253 e. The first-order valence-corrected chi connectivity index (χ1v) is 10.5. The predicted molar refractivity (Wildman–Crippen MR) is 127 cm³/mol. The van der Waals surface area contributed by atoms with Gasteiger partial charge < -0.3 is 25.2 Å². The summed E-state index contributed by atoms with van der Waals surface area (Å²) in [5.41, 5.74) is 2.93. The predicted octanol–water partition coefficient (Wildman–Crippen LogP) is 2.76. The van der Waals surface area contributed by atoms with Crippen molar-refractivity contribution in [3.05, 3.63) is 65.2 Å². The Labute approximate surface area is 186 Å². The molecule has 0 saturated carbocycles. The first-order valence-electron chi connectivity index (χ1n) is 10.5. The summed E-state index contributed by atoms with van der Waals surface area (Å²) in [5.74, 6) is 1.61. The van der Waals surface area contributed by atoms with Crippen LogP contribution in [0.1, 0.15) is 34.5 Å². The molecule has 7 nitrogen and oxygen atoms in total. The van der Waals surface area contributed by atoms with Crippen LogP contribution >= 0.6 is 0 Å². The average molecular weight is 426 g/mol. The molecule has 0 spiro atoms. The van der Waals surface area contributed by atoms with Gasteiger partial charge in [0.15, 0.2) is 5.96 Å². The lowest BCUT2D eigenvalue weighted by molar-refractivity contribution is 0.0827. The van der Waals surface area contributed by atoms with E-state index in [-0.39, 0.29) is 11.9 Å². The summed E-state index contributed by atoms with van der Waals surface area (Å²) >= 11 is 0. The second-order valence-electron chi connectivity index (χ2n) is 7.73. The maximum absolute atomic E-state index is 12.0. The number of ether oxygens (including phenoxy) is 1. The Hall–Kier alpha value is -3.06. The molecule has 0 bridgehead atoms. The largest absolute Gasteiger partial charge is 0.497 e. The third-order valence-electron chi connectivity index (χ3n) is 4.96. The molecule has 168 valence electrons. The Morgan fingerprint density at radius 3 is 2.16 bits per heavy atom. The van der Waals surface area contributed by atoms with Gasteiger partial charge in [-0.2, -0.15) is 0 Å². The molecule has 0 saturated heterocycles. The molecule has 1 unspecified atom stereocenters. The van der Waals surface area contributed by atoms with Gasteiger partial charge in [-0.1, -0.05) is 24.3 Å². The van der Waals surface area contributed by atoms with E-state index in [1.165, 1.54) is 5.56 Å². The van der Waals surface area contributed by atoms with E-state index in [1.807, 2.05) is 43.3 Å². The fourth-order valence-electron chi connectivity index (χ4n) is 3.14. The van der Waals surface area contributed by atoms with E-state index in [1.54, 1.807) is 26.1 Å². The van der Waals surface area contributed by atoms with Crippen molar-refractivity contribution >= 4 is 11.9 Å². The van der Waals surface area contributed by atoms with Crippen LogP contribution in [-0.4, -0.2) is 70.1 Å². The van der Waals surface area contributed by atoms with E-state index in [4.69, 9.17) is 9.73 Å². The molecule has 0 aromatic heterocycles. The minimum atomic E-state index is -0.00156. The summed E-state index contributed by atoms with van der Waals surface area (Å²) in [6, 6.07) is 15.9. The molecule has 2 aromatic rings. The SMILES string of the molecule is CCNC(=NCc1ccc(C(=O)N(C)C)cc1)NCC(c1ccc(OC)cc1)N(C)C. The van der Waals surface area contributed by atoms with Crippen molar-refractivity contribution in [2.75, 3.05) is 48.4 Å². The van der Waals surface area contributed by atoms with Crippen LogP contribution in [0, 0.1) is 0 Å². The van der Waals surface area contributed by atoms with Crippen LogP contribution in [0.5, 0.6) is 5.75 Å². The van der Waals surface area contributed by atoms with E-state index in [2.05, 4.69) is 41.8 Å². The highest BCUT2D eigenvalue weighted by Gasteiger charge is 2.15. The van der Waals surface area contributed by atoms with Crippen LogP contribution < -0.4 is 15.4 Å². The van der Waals surface area contributed by atoms with Gasteiger partial charge in [-0.05, 0) is 56.4 Å². The van der Waals surface area contributed by atoms with Crippen LogP contribution in [0.25, 0.3) is 0 Å². The second-order valence-corrected chi connectivity index (χ2v) is 7.73. The molecule has 2 aromatic carbocycles. The molecule has 7 heteroatoms. The number of guanidine groups is 1. The molecule has 0 fully saturated rings. The lowest BCUT2D eigenvalue weighted by atomic mass is 10.1. The first-order chi connectivity index (χ1) is 14.8. The highest BCUT2D eigenvalue weighted by Crippen LogP contribution is 2.20. The fourth-order valence-corrected chi connectivity index (χ4v) is 3.14. The van der Waals surface area contributed by atoms with Gasteiger partial charge in [0.1, 0.15) is 5.75 Å². The quantitative estimate of drug-likeness (QED) is 0.478. The standard InChI is InChI=1S/C24H35N5O2/c1-7-25-24(26-16-18-8-10-20(11-9-18)23(30)29(4)5)27-17-22(28(2)3)19-12-14-21(31-6)15-13-19/h8-15,22H,7,16-17H2,1-6H3,(H2,25,26,27). The Morgan fingerprint density at radius 2 is 1.65 bits per heavy atom. The van der Waals surface area contributed by atoms with Crippen LogP contribution in [0.3, 0.4) is 0 Å². The third kappa shape index (κ3) is 7.29. The highest BCUT2D eigenvalue weighted by atomic mass is 16.5. The number of hydrogen-bond donors (Lipinski definition) is 2. The van der Waals surface area contributed by atoms with Gasteiger partial charge in [0, 0.05) is 32.7 Å². The minimum Gasteiger partial charge on any atom is -0.497 e. The summed E-state index contributed by atoms with van der Waals surface area (Å²) in [6.45, 7) is 4.06. The molecule has 0 aliphatic rings. The Kier molecular flexibility index (Phi) is 9.34. The van der Waals surface area contributed by atoms with Gasteiger partial charge in [0.05, 0.1) is 19.7 Å². The Morgan fingerprint density at radius 1 is 1.00 bits per heavy atom. The molecule has 0 aliphatic carbocycles. The molecule has 1 amide bonds. The molecule has 1 atom stereocenters. The normalized spacial score (nSPS) is 12.4.